The van der Waals surface area contributed by atoms with Crippen molar-refractivity contribution in [3.63, 3.8) is 0 Å². The number of alkyl halides is 3. The zero-order valence-electron chi connectivity index (χ0n) is 16.0. The Hall–Kier alpha value is -2.31. The van der Waals surface area contributed by atoms with Gasteiger partial charge < -0.3 is 15.0 Å². The summed E-state index contributed by atoms with van der Waals surface area (Å²) < 4.78 is 36.5. The zero-order chi connectivity index (χ0) is 21.7. The van der Waals surface area contributed by atoms with Crippen LogP contribution in [-0.4, -0.2) is 72.6 Å². The molecule has 0 atom stereocenters. The Morgan fingerprint density at radius 1 is 1.30 bits per heavy atom. The first-order valence-corrected chi connectivity index (χ1v) is 10.3. The Bertz CT molecular complexity index is 967. The summed E-state index contributed by atoms with van der Waals surface area (Å²) in [6.45, 7) is 4.55. The van der Waals surface area contributed by atoms with E-state index in [-0.39, 0.29) is 17.3 Å². The second kappa shape index (κ2) is 9.67. The molecule has 0 radical (unpaired) electrons. The minimum atomic E-state index is -4.64. The highest BCUT2D eigenvalue weighted by Crippen LogP contribution is 2.34. The first kappa shape index (κ1) is 22.4. The van der Waals surface area contributed by atoms with Crippen molar-refractivity contribution in [2.75, 3.05) is 39.4 Å². The van der Waals surface area contributed by atoms with Gasteiger partial charge in [0.2, 0.25) is 12.1 Å². The van der Waals surface area contributed by atoms with Gasteiger partial charge in [0.25, 0.3) is 11.5 Å². The highest BCUT2D eigenvalue weighted by molar-refractivity contribution is 7.18. The monoisotopic (exact) mass is 446 g/mol. The number of nitrogens with zero attached hydrogens (tertiary/aromatic N) is 2. The maximum absolute atomic E-state index is 12.4. The smallest absolute Gasteiger partial charge is 0.379 e. The SMILES string of the molecule is O=C(NCCN1CCOCC1)c1nc2sc3c(c2c(=O)[nH]1)CCC3.O=CC(F)(F)F. The maximum atomic E-state index is 12.4. The van der Waals surface area contributed by atoms with E-state index >= 15 is 0 Å². The minimum absolute atomic E-state index is 0.106. The summed E-state index contributed by atoms with van der Waals surface area (Å²) in [4.78, 5) is 44.5. The Kier molecular flexibility index (Phi) is 7.21. The molecule has 164 valence electrons. The number of nitrogens with one attached hydrogen (secondary N) is 2. The number of aromatic amines is 1. The van der Waals surface area contributed by atoms with Crippen LogP contribution < -0.4 is 10.9 Å². The molecule has 0 bridgehead atoms. The molecular formula is C18H21F3N4O4S. The lowest BCUT2D eigenvalue weighted by molar-refractivity contribution is -0.156. The van der Waals surface area contributed by atoms with Crippen LogP contribution in [0.15, 0.2) is 4.79 Å². The lowest BCUT2D eigenvalue weighted by Crippen LogP contribution is -2.41. The summed E-state index contributed by atoms with van der Waals surface area (Å²) in [5, 5.41) is 3.52. The van der Waals surface area contributed by atoms with Crippen molar-refractivity contribution in [1.82, 2.24) is 20.2 Å². The molecule has 0 spiro atoms. The molecule has 2 aromatic heterocycles. The van der Waals surface area contributed by atoms with E-state index in [2.05, 4.69) is 20.2 Å². The van der Waals surface area contributed by atoms with Crippen LogP contribution in [0.3, 0.4) is 0 Å². The highest BCUT2D eigenvalue weighted by Gasteiger charge is 2.25. The fourth-order valence-corrected chi connectivity index (χ4v) is 4.61. The van der Waals surface area contributed by atoms with Gasteiger partial charge >= 0.3 is 6.18 Å². The molecule has 1 saturated heterocycles. The van der Waals surface area contributed by atoms with Gasteiger partial charge in [0.05, 0.1) is 18.6 Å². The number of carbonyl (C=O) groups excluding carboxylic acids is 2. The fourth-order valence-electron chi connectivity index (χ4n) is 3.35. The number of morpholine rings is 1. The van der Waals surface area contributed by atoms with Crippen molar-refractivity contribution in [1.29, 1.82) is 0 Å². The molecule has 1 aliphatic carbocycles. The van der Waals surface area contributed by atoms with E-state index in [0.717, 1.165) is 57.7 Å². The molecule has 2 aromatic rings. The molecule has 1 amide bonds. The summed E-state index contributed by atoms with van der Waals surface area (Å²) in [7, 11) is 0. The van der Waals surface area contributed by atoms with E-state index in [4.69, 9.17) is 9.53 Å². The average molecular weight is 446 g/mol. The number of aldehydes is 1. The van der Waals surface area contributed by atoms with Crippen LogP contribution in [-0.2, 0) is 22.4 Å². The second-order valence-electron chi connectivity index (χ2n) is 6.82. The van der Waals surface area contributed by atoms with Gasteiger partial charge in [-0.3, -0.25) is 19.3 Å². The summed E-state index contributed by atoms with van der Waals surface area (Å²) >= 11 is 1.55. The molecule has 2 aliphatic rings. The van der Waals surface area contributed by atoms with Crippen LogP contribution in [0.4, 0.5) is 13.2 Å². The van der Waals surface area contributed by atoms with Crippen molar-refractivity contribution in [3.05, 3.63) is 26.6 Å². The number of hydrogen-bond donors (Lipinski definition) is 2. The molecule has 0 unspecified atom stereocenters. The number of fused-ring (bicyclic) bond motifs is 3. The Balaban J connectivity index is 0.000000377. The third-order valence-electron chi connectivity index (χ3n) is 4.74. The van der Waals surface area contributed by atoms with E-state index in [1.165, 1.54) is 4.88 Å². The van der Waals surface area contributed by atoms with E-state index in [9.17, 15) is 22.8 Å². The number of H-pyrrole nitrogens is 1. The van der Waals surface area contributed by atoms with Crippen LogP contribution in [0.1, 0.15) is 27.5 Å². The highest BCUT2D eigenvalue weighted by atomic mass is 32.1. The second-order valence-corrected chi connectivity index (χ2v) is 7.91. The first-order chi connectivity index (χ1) is 14.3. The molecule has 8 nitrogen and oxygen atoms in total. The number of aromatic nitrogens is 2. The van der Waals surface area contributed by atoms with E-state index < -0.39 is 12.5 Å². The number of hydrogen-bond acceptors (Lipinski definition) is 7. The van der Waals surface area contributed by atoms with E-state index in [1.54, 1.807) is 11.3 Å². The normalized spacial score (nSPS) is 16.6. The summed E-state index contributed by atoms with van der Waals surface area (Å²) in [5.41, 5.74) is 0.931. The van der Waals surface area contributed by atoms with Crippen LogP contribution in [0, 0.1) is 0 Å². The number of halogens is 3. The Morgan fingerprint density at radius 3 is 2.67 bits per heavy atom. The third kappa shape index (κ3) is 5.64. The van der Waals surface area contributed by atoms with Gasteiger partial charge in [0, 0.05) is 31.1 Å². The van der Waals surface area contributed by atoms with Crippen LogP contribution in [0.2, 0.25) is 0 Å². The first-order valence-electron chi connectivity index (χ1n) is 9.44. The summed E-state index contributed by atoms with van der Waals surface area (Å²) in [6, 6.07) is 0. The van der Waals surface area contributed by atoms with Crippen molar-refractivity contribution < 1.29 is 27.5 Å². The molecule has 4 rings (SSSR count). The predicted molar refractivity (Wildman–Crippen MR) is 104 cm³/mol. The number of rotatable bonds is 4. The lowest BCUT2D eigenvalue weighted by atomic mass is 10.2. The fraction of sp³-hybridized carbons (Fsp3) is 0.556. The zero-order valence-corrected chi connectivity index (χ0v) is 16.8. The molecule has 12 heteroatoms. The molecule has 3 heterocycles. The predicted octanol–water partition coefficient (Wildman–Crippen LogP) is 1.28. The summed E-state index contributed by atoms with van der Waals surface area (Å²) in [5.74, 6) is -0.217. The number of carbonyl (C=O) groups is 2. The quantitative estimate of drug-likeness (QED) is 0.686. The molecule has 0 aromatic carbocycles. The van der Waals surface area contributed by atoms with Crippen LogP contribution in [0.25, 0.3) is 10.2 Å². The largest absolute Gasteiger partial charge is 0.446 e. The van der Waals surface area contributed by atoms with Gasteiger partial charge in [0.1, 0.15) is 4.83 Å². The summed E-state index contributed by atoms with van der Waals surface area (Å²) in [6.07, 6.45) is -2.66. The van der Waals surface area contributed by atoms with Gasteiger partial charge in [-0.1, -0.05) is 0 Å². The van der Waals surface area contributed by atoms with Gasteiger partial charge in [-0.05, 0) is 24.8 Å². The molecule has 30 heavy (non-hydrogen) atoms. The van der Waals surface area contributed by atoms with Gasteiger partial charge in [-0.2, -0.15) is 13.2 Å². The molecule has 1 aliphatic heterocycles. The van der Waals surface area contributed by atoms with Crippen LogP contribution >= 0.6 is 11.3 Å². The van der Waals surface area contributed by atoms with Gasteiger partial charge in [-0.15, -0.1) is 11.3 Å². The topological polar surface area (TPSA) is 104 Å². The van der Waals surface area contributed by atoms with Crippen molar-refractivity contribution in [3.8, 4) is 0 Å². The number of aryl methyl sites for hydroxylation is 2. The van der Waals surface area contributed by atoms with Crippen LogP contribution in [0.5, 0.6) is 0 Å². The Morgan fingerprint density at radius 2 is 2.00 bits per heavy atom. The van der Waals surface area contributed by atoms with E-state index in [0.29, 0.717) is 16.8 Å². The van der Waals surface area contributed by atoms with E-state index in [1.807, 2.05) is 0 Å². The number of thiophene rings is 1. The Labute approximate surface area is 173 Å². The molecule has 2 N–H and O–H groups in total. The minimum Gasteiger partial charge on any atom is -0.379 e. The van der Waals surface area contributed by atoms with Crippen molar-refractivity contribution in [2.45, 2.75) is 25.4 Å². The maximum Gasteiger partial charge on any atom is 0.446 e. The molecule has 1 fully saturated rings. The third-order valence-corrected chi connectivity index (χ3v) is 5.93. The van der Waals surface area contributed by atoms with Gasteiger partial charge in [-0.25, -0.2) is 4.98 Å². The van der Waals surface area contributed by atoms with Gasteiger partial charge in [0.15, 0.2) is 0 Å². The molecular weight excluding hydrogens is 425 g/mol. The van der Waals surface area contributed by atoms with Crippen molar-refractivity contribution >= 4 is 33.7 Å². The van der Waals surface area contributed by atoms with Crippen molar-refractivity contribution in [2.24, 2.45) is 0 Å². The number of ether oxygens (including phenoxy) is 1. The number of amides is 1. The average Bonchev–Trinajstić information content (AvgIpc) is 3.29. The lowest BCUT2D eigenvalue weighted by Gasteiger charge is -2.26. The standard InChI is InChI=1S/C16H20N4O3S.C2HF3O/c21-14-12-10-2-1-3-11(10)24-16(12)19-13(18-14)15(22)17-4-5-20-6-8-23-9-7-20;3-2(4,5)1-6/h1-9H2,(H,17,22)(H,18,19,21);1H. The molecule has 0 saturated carbocycles.